The molecule has 1 amide bonds. The Balaban J connectivity index is 1.69. The van der Waals surface area contributed by atoms with Gasteiger partial charge in [0.1, 0.15) is 29.7 Å². The van der Waals surface area contributed by atoms with Gasteiger partial charge in [0.05, 0.1) is 17.8 Å². The Labute approximate surface area is 171 Å². The van der Waals surface area contributed by atoms with Crippen LogP contribution in [-0.2, 0) is 0 Å². The predicted octanol–water partition coefficient (Wildman–Crippen LogP) is 3.83. The third-order valence-corrected chi connectivity index (χ3v) is 5.25. The van der Waals surface area contributed by atoms with Crippen LogP contribution in [0.2, 0.25) is 0 Å². The normalized spacial score (nSPS) is 17.0. The monoisotopic (exact) mass is 417 g/mol. The van der Waals surface area contributed by atoms with E-state index in [4.69, 9.17) is 0 Å². The smallest absolute Gasteiger partial charge is 0.257 e. The lowest BCUT2D eigenvalue weighted by molar-refractivity contribution is 0.0901. The van der Waals surface area contributed by atoms with Crippen LogP contribution in [0.5, 0.6) is 0 Å². The molecule has 0 saturated carbocycles. The molecule has 3 aromatic rings. The van der Waals surface area contributed by atoms with E-state index < -0.39 is 29.8 Å². The van der Waals surface area contributed by atoms with Crippen molar-refractivity contribution < 1.29 is 18.0 Å². The molecule has 1 saturated heterocycles. The van der Waals surface area contributed by atoms with Gasteiger partial charge in [-0.05, 0) is 51.0 Å². The first-order valence-electron chi connectivity index (χ1n) is 9.73. The lowest BCUT2D eigenvalue weighted by atomic mass is 10.0. The average molecular weight is 417 g/mol. The van der Waals surface area contributed by atoms with Crippen molar-refractivity contribution in [3.05, 3.63) is 59.4 Å². The number of fused-ring (bicyclic) bond motifs is 1. The molecule has 0 bridgehead atoms. The summed E-state index contributed by atoms with van der Waals surface area (Å²) in [6.45, 7) is 3.06. The summed E-state index contributed by atoms with van der Waals surface area (Å²) >= 11 is 0. The molecular formula is C21H22F3N5O. The maximum Gasteiger partial charge on any atom is 0.257 e. The lowest BCUT2D eigenvalue weighted by Crippen LogP contribution is -2.45. The fourth-order valence-corrected chi connectivity index (χ4v) is 3.72. The van der Waals surface area contributed by atoms with Crippen LogP contribution in [0.25, 0.3) is 5.65 Å². The number of halogens is 3. The Hall–Kier alpha value is -3.10. The molecule has 1 fully saturated rings. The van der Waals surface area contributed by atoms with Crippen molar-refractivity contribution in [2.45, 2.75) is 38.3 Å². The Morgan fingerprint density at radius 1 is 1.30 bits per heavy atom. The Morgan fingerprint density at radius 3 is 2.87 bits per heavy atom. The Bertz CT molecular complexity index is 1100. The van der Waals surface area contributed by atoms with Gasteiger partial charge in [-0.15, -0.1) is 0 Å². The second-order valence-corrected chi connectivity index (χ2v) is 8.10. The van der Waals surface area contributed by atoms with Crippen molar-refractivity contribution in [2.24, 2.45) is 0 Å². The number of rotatable bonds is 5. The number of amides is 1. The largest absolute Gasteiger partial charge is 0.349 e. The highest BCUT2D eigenvalue weighted by molar-refractivity contribution is 6.00. The van der Waals surface area contributed by atoms with Crippen LogP contribution in [0.3, 0.4) is 0 Å². The molecule has 1 atom stereocenters. The van der Waals surface area contributed by atoms with Crippen LogP contribution in [0.4, 0.5) is 19.0 Å². The third-order valence-electron chi connectivity index (χ3n) is 5.25. The summed E-state index contributed by atoms with van der Waals surface area (Å²) in [5.74, 6) is -0.904. The molecule has 4 rings (SSSR count). The molecule has 2 aromatic heterocycles. The number of benzene rings is 1. The zero-order chi connectivity index (χ0) is 21.5. The Morgan fingerprint density at radius 2 is 2.10 bits per heavy atom. The fourth-order valence-electron chi connectivity index (χ4n) is 3.72. The highest BCUT2D eigenvalue weighted by atomic mass is 19.1. The molecule has 1 aliphatic heterocycles. The molecule has 158 valence electrons. The first kappa shape index (κ1) is 20.2. The minimum absolute atomic E-state index is 0.214. The van der Waals surface area contributed by atoms with Crippen molar-refractivity contribution in [2.75, 3.05) is 18.1 Å². The number of hydrogen-bond acceptors (Lipinski definition) is 4. The van der Waals surface area contributed by atoms with Gasteiger partial charge in [-0.25, -0.2) is 22.7 Å². The number of anilines is 1. The first-order chi connectivity index (χ1) is 14.3. The third kappa shape index (κ3) is 3.71. The standard InChI is InChI=1S/C21H22F3N5O/c1-21(2,12-22)27-20(30)15-11-25-29-9-7-18(26-19(15)29)28-8-3-4-17(28)14-10-13(23)5-6-16(14)24/h5-7,9-11,17H,3-4,8,12H2,1-2H3,(H,27,30). The lowest BCUT2D eigenvalue weighted by Gasteiger charge is -2.26. The molecule has 1 N–H and O–H groups in total. The van der Waals surface area contributed by atoms with E-state index in [9.17, 15) is 18.0 Å². The molecule has 6 nitrogen and oxygen atoms in total. The van der Waals surface area contributed by atoms with Crippen LogP contribution >= 0.6 is 0 Å². The minimum atomic E-state index is -1.02. The molecule has 0 radical (unpaired) electrons. The van der Waals surface area contributed by atoms with Crippen molar-refractivity contribution in [1.29, 1.82) is 0 Å². The van der Waals surface area contributed by atoms with Crippen molar-refractivity contribution >= 4 is 17.4 Å². The summed E-state index contributed by atoms with van der Waals surface area (Å²) in [5.41, 5.74) is -0.209. The second-order valence-electron chi connectivity index (χ2n) is 8.10. The van der Waals surface area contributed by atoms with Crippen LogP contribution in [-0.4, -0.2) is 39.3 Å². The van der Waals surface area contributed by atoms with Gasteiger partial charge < -0.3 is 10.2 Å². The zero-order valence-corrected chi connectivity index (χ0v) is 16.7. The highest BCUT2D eigenvalue weighted by Crippen LogP contribution is 2.36. The number of hydrogen-bond donors (Lipinski definition) is 1. The number of nitrogens with one attached hydrogen (secondary N) is 1. The molecule has 30 heavy (non-hydrogen) atoms. The summed E-state index contributed by atoms with van der Waals surface area (Å²) < 4.78 is 42.6. The maximum absolute atomic E-state index is 14.4. The predicted molar refractivity (Wildman–Crippen MR) is 106 cm³/mol. The van der Waals surface area contributed by atoms with Gasteiger partial charge in [0.15, 0.2) is 5.65 Å². The summed E-state index contributed by atoms with van der Waals surface area (Å²) in [7, 11) is 0. The van der Waals surface area contributed by atoms with Gasteiger partial charge in [-0.2, -0.15) is 5.10 Å². The SMILES string of the molecule is CC(C)(CF)NC(=O)c1cnn2ccc(N3CCCC3c3cc(F)ccc3F)nc12. The second kappa shape index (κ2) is 7.62. The van der Waals surface area contributed by atoms with Crippen molar-refractivity contribution in [1.82, 2.24) is 19.9 Å². The van der Waals surface area contributed by atoms with E-state index in [1.54, 1.807) is 26.1 Å². The van der Waals surface area contributed by atoms with Gasteiger partial charge in [0.2, 0.25) is 0 Å². The molecule has 3 heterocycles. The molecule has 0 spiro atoms. The zero-order valence-electron chi connectivity index (χ0n) is 16.7. The van der Waals surface area contributed by atoms with E-state index in [2.05, 4.69) is 15.4 Å². The Kier molecular flexibility index (Phi) is 5.13. The molecule has 1 unspecified atom stereocenters. The van der Waals surface area contributed by atoms with Gasteiger partial charge >= 0.3 is 0 Å². The van der Waals surface area contributed by atoms with Crippen molar-refractivity contribution in [3.63, 3.8) is 0 Å². The molecule has 9 heteroatoms. The van der Waals surface area contributed by atoms with Crippen LogP contribution in [0, 0.1) is 11.6 Å². The summed E-state index contributed by atoms with van der Waals surface area (Å²) in [6, 6.07) is 4.81. The van der Waals surface area contributed by atoms with Crippen LogP contribution < -0.4 is 10.2 Å². The highest BCUT2D eigenvalue weighted by Gasteiger charge is 2.30. The fraction of sp³-hybridized carbons (Fsp3) is 0.381. The molecule has 0 aliphatic carbocycles. The van der Waals surface area contributed by atoms with Gasteiger partial charge in [-0.3, -0.25) is 4.79 Å². The topological polar surface area (TPSA) is 62.5 Å². The molecule has 1 aromatic carbocycles. The number of aromatic nitrogens is 3. The number of nitrogens with zero attached hydrogens (tertiary/aromatic N) is 4. The summed E-state index contributed by atoms with van der Waals surface area (Å²) in [5, 5.41) is 6.76. The van der Waals surface area contributed by atoms with Gasteiger partial charge in [-0.1, -0.05) is 0 Å². The summed E-state index contributed by atoms with van der Waals surface area (Å²) in [4.78, 5) is 19.1. The minimum Gasteiger partial charge on any atom is -0.349 e. The molecular weight excluding hydrogens is 395 g/mol. The van der Waals surface area contributed by atoms with E-state index in [1.807, 2.05) is 4.90 Å². The van der Waals surface area contributed by atoms with E-state index in [0.717, 1.165) is 18.6 Å². The number of carbonyl (C=O) groups excluding carboxylic acids is 1. The van der Waals surface area contributed by atoms with E-state index in [0.29, 0.717) is 24.4 Å². The van der Waals surface area contributed by atoms with Gasteiger partial charge in [0, 0.05) is 18.3 Å². The van der Waals surface area contributed by atoms with Crippen molar-refractivity contribution in [3.8, 4) is 0 Å². The summed E-state index contributed by atoms with van der Waals surface area (Å²) in [6.07, 6.45) is 4.49. The van der Waals surface area contributed by atoms with Crippen LogP contribution in [0.15, 0.2) is 36.7 Å². The number of carbonyl (C=O) groups is 1. The quantitative estimate of drug-likeness (QED) is 0.686. The first-order valence-corrected chi connectivity index (χ1v) is 9.73. The van der Waals surface area contributed by atoms with E-state index >= 15 is 0 Å². The average Bonchev–Trinajstić information content (AvgIpc) is 3.36. The van der Waals surface area contributed by atoms with E-state index in [1.165, 1.54) is 16.8 Å². The van der Waals surface area contributed by atoms with Crippen LogP contribution in [0.1, 0.15) is 48.7 Å². The molecule has 1 aliphatic rings. The van der Waals surface area contributed by atoms with E-state index in [-0.39, 0.29) is 17.2 Å². The van der Waals surface area contributed by atoms with Gasteiger partial charge in [0.25, 0.3) is 5.91 Å². The maximum atomic E-state index is 14.4. The number of alkyl halides is 1.